The SMILES string of the molecule is Cc1n[c-]nc2c1nc(C)n2[C@H]1O[C@@H](CO)[C@@H](O)C1C.[Y]. The van der Waals surface area contributed by atoms with Crippen LogP contribution in [-0.4, -0.2) is 48.5 Å². The van der Waals surface area contributed by atoms with Crippen molar-refractivity contribution in [1.82, 2.24) is 19.5 Å². The van der Waals surface area contributed by atoms with Crippen molar-refractivity contribution in [1.29, 1.82) is 0 Å². The number of rotatable bonds is 2. The second-order valence-electron chi connectivity index (χ2n) is 5.21. The zero-order valence-corrected chi connectivity index (χ0v) is 15.0. The van der Waals surface area contributed by atoms with Gasteiger partial charge in [0.2, 0.25) is 0 Å². The van der Waals surface area contributed by atoms with Crippen molar-refractivity contribution in [2.75, 3.05) is 6.61 Å². The van der Waals surface area contributed by atoms with Crippen molar-refractivity contribution >= 4 is 11.2 Å². The average Bonchev–Trinajstić information content (AvgIpc) is 2.90. The third kappa shape index (κ3) is 2.66. The van der Waals surface area contributed by atoms with E-state index in [0.29, 0.717) is 11.2 Å². The van der Waals surface area contributed by atoms with Gasteiger partial charge in [-0.15, -0.1) is 0 Å². The number of aromatic nitrogens is 4. The molecule has 2 aromatic rings. The number of ether oxygens (including phenoxy) is 1. The number of nitrogens with zero attached hydrogens (tertiary/aromatic N) is 4. The average molecular weight is 366 g/mol. The maximum Gasteiger partial charge on any atom is 0.131 e. The Labute approximate surface area is 147 Å². The minimum absolute atomic E-state index is 0. The predicted octanol–water partition coefficient (Wildman–Crippen LogP) is 0.128. The molecular formula is C13H17N4O3Y-. The molecule has 4 atom stereocenters. The molecule has 1 fully saturated rings. The smallest absolute Gasteiger partial charge is 0.131 e. The van der Waals surface area contributed by atoms with Crippen molar-refractivity contribution in [3.63, 3.8) is 0 Å². The standard InChI is InChI=1S/C13H17N4O3.Y/c1-6-11(19)9(4-18)20-13(6)17-8(3)16-10-7(2)14-5-15-12(10)17;/h6,9,11,13,18-19H,4H2,1-3H3;/q-1;/t6?,9-,11-,13-;/m0./s1. The van der Waals surface area contributed by atoms with Gasteiger partial charge < -0.3 is 29.5 Å². The topological polar surface area (TPSA) is 93.3 Å². The van der Waals surface area contributed by atoms with Gasteiger partial charge in [-0.25, -0.2) is 0 Å². The first-order valence-electron chi connectivity index (χ1n) is 6.58. The fourth-order valence-electron chi connectivity index (χ4n) is 2.73. The van der Waals surface area contributed by atoms with E-state index in [0.717, 1.165) is 11.5 Å². The van der Waals surface area contributed by atoms with Crippen LogP contribution in [0.25, 0.3) is 11.2 Å². The predicted molar refractivity (Wildman–Crippen MR) is 69.8 cm³/mol. The molecule has 1 radical (unpaired) electrons. The van der Waals surface area contributed by atoms with E-state index in [4.69, 9.17) is 4.74 Å². The van der Waals surface area contributed by atoms with Gasteiger partial charge in [-0.2, -0.15) is 0 Å². The molecule has 0 spiro atoms. The number of hydrogen-bond donors (Lipinski definition) is 2. The van der Waals surface area contributed by atoms with Crippen LogP contribution in [0.1, 0.15) is 24.7 Å². The summed E-state index contributed by atoms with van der Waals surface area (Å²) in [6.45, 7) is 5.37. The zero-order valence-electron chi connectivity index (χ0n) is 12.2. The normalized spacial score (nSPS) is 28.8. The van der Waals surface area contributed by atoms with E-state index < -0.39 is 18.4 Å². The Hall–Kier alpha value is -0.466. The van der Waals surface area contributed by atoms with Gasteiger partial charge in [0.1, 0.15) is 12.3 Å². The molecule has 0 saturated carbocycles. The summed E-state index contributed by atoms with van der Waals surface area (Å²) < 4.78 is 7.59. The molecule has 111 valence electrons. The molecule has 1 aliphatic rings. The third-order valence-electron chi connectivity index (χ3n) is 3.90. The molecule has 1 saturated heterocycles. The number of aryl methyl sites for hydroxylation is 2. The summed E-state index contributed by atoms with van der Waals surface area (Å²) in [5.41, 5.74) is 2.10. The first-order valence-corrected chi connectivity index (χ1v) is 6.58. The molecule has 2 N–H and O–H groups in total. The van der Waals surface area contributed by atoms with Crippen LogP contribution in [0, 0.1) is 26.1 Å². The van der Waals surface area contributed by atoms with Crippen molar-refractivity contribution in [3.05, 3.63) is 17.8 Å². The monoisotopic (exact) mass is 366 g/mol. The molecule has 7 nitrogen and oxygen atoms in total. The van der Waals surface area contributed by atoms with Gasteiger partial charge in [-0.1, -0.05) is 13.8 Å². The van der Waals surface area contributed by atoms with Gasteiger partial charge in [0.15, 0.2) is 0 Å². The molecule has 0 aromatic carbocycles. The van der Waals surface area contributed by atoms with Crippen molar-refractivity contribution < 1.29 is 47.7 Å². The molecule has 8 heteroatoms. The van der Waals surface area contributed by atoms with E-state index in [2.05, 4.69) is 21.3 Å². The van der Waals surface area contributed by atoms with Crippen molar-refractivity contribution in [2.24, 2.45) is 5.92 Å². The van der Waals surface area contributed by atoms with Gasteiger partial charge in [0.05, 0.1) is 24.2 Å². The van der Waals surface area contributed by atoms with Crippen LogP contribution in [0.4, 0.5) is 0 Å². The first-order chi connectivity index (χ1) is 9.54. The van der Waals surface area contributed by atoms with E-state index in [-0.39, 0.29) is 45.2 Å². The Morgan fingerprint density at radius 3 is 2.67 bits per heavy atom. The summed E-state index contributed by atoms with van der Waals surface area (Å²) in [6.07, 6.45) is 0.898. The van der Waals surface area contributed by atoms with E-state index in [1.54, 1.807) is 0 Å². The number of hydrogen-bond acceptors (Lipinski definition) is 6. The number of aliphatic hydroxyl groups is 2. The van der Waals surface area contributed by atoms with E-state index in [1.807, 2.05) is 25.3 Å². The van der Waals surface area contributed by atoms with Crippen LogP contribution in [0.2, 0.25) is 0 Å². The molecule has 0 bridgehead atoms. The molecule has 21 heavy (non-hydrogen) atoms. The molecular weight excluding hydrogens is 349 g/mol. The Balaban J connectivity index is 0.00000161. The second-order valence-corrected chi connectivity index (χ2v) is 5.21. The summed E-state index contributed by atoms with van der Waals surface area (Å²) in [5, 5.41) is 19.3. The summed E-state index contributed by atoms with van der Waals surface area (Å²) in [4.78, 5) is 12.6. The molecule has 0 amide bonds. The molecule has 3 heterocycles. The van der Waals surface area contributed by atoms with Crippen LogP contribution in [0.5, 0.6) is 0 Å². The van der Waals surface area contributed by atoms with E-state index in [1.165, 1.54) is 0 Å². The Bertz CT molecular complexity index is 648. The molecule has 1 aliphatic heterocycles. The zero-order chi connectivity index (χ0) is 14.4. The third-order valence-corrected chi connectivity index (χ3v) is 3.90. The summed E-state index contributed by atoms with van der Waals surface area (Å²) in [5.74, 6) is 0.568. The van der Waals surface area contributed by atoms with Crippen molar-refractivity contribution in [2.45, 2.75) is 39.2 Å². The summed E-state index contributed by atoms with van der Waals surface area (Å²) in [7, 11) is 0. The quantitative estimate of drug-likeness (QED) is 0.734. The molecule has 0 aliphatic carbocycles. The fraction of sp³-hybridized carbons (Fsp3) is 0.615. The maximum atomic E-state index is 10.1. The maximum absolute atomic E-state index is 10.1. The van der Waals surface area contributed by atoms with Crippen LogP contribution in [-0.2, 0) is 37.4 Å². The molecule has 3 rings (SSSR count). The first kappa shape index (κ1) is 16.9. The van der Waals surface area contributed by atoms with E-state index >= 15 is 0 Å². The van der Waals surface area contributed by atoms with E-state index in [9.17, 15) is 10.2 Å². The number of aliphatic hydroxyl groups excluding tert-OH is 2. The van der Waals surface area contributed by atoms with Crippen LogP contribution < -0.4 is 0 Å². The second kappa shape index (κ2) is 6.34. The fourth-order valence-corrected chi connectivity index (χ4v) is 2.73. The van der Waals surface area contributed by atoms with Gasteiger partial charge in [-0.3, -0.25) is 4.98 Å². The minimum atomic E-state index is -0.714. The number of fused-ring (bicyclic) bond motifs is 1. The molecule has 2 aromatic heterocycles. The van der Waals surface area contributed by atoms with Gasteiger partial charge in [0, 0.05) is 50.5 Å². The summed E-state index contributed by atoms with van der Waals surface area (Å²) in [6, 6.07) is 0. The van der Waals surface area contributed by atoms with Crippen LogP contribution in [0.3, 0.4) is 0 Å². The summed E-state index contributed by atoms with van der Waals surface area (Å²) >= 11 is 0. The van der Waals surface area contributed by atoms with Crippen molar-refractivity contribution in [3.8, 4) is 0 Å². The van der Waals surface area contributed by atoms with Gasteiger partial charge in [0.25, 0.3) is 0 Å². The minimum Gasteiger partial charge on any atom is -0.394 e. The van der Waals surface area contributed by atoms with Crippen LogP contribution in [0.15, 0.2) is 0 Å². The largest absolute Gasteiger partial charge is 0.394 e. The number of imidazole rings is 1. The Morgan fingerprint density at radius 2 is 2.05 bits per heavy atom. The van der Waals surface area contributed by atoms with Gasteiger partial charge in [-0.05, 0) is 12.6 Å². The Kier molecular flexibility index (Phi) is 5.10. The van der Waals surface area contributed by atoms with Crippen LogP contribution >= 0.6 is 0 Å². The van der Waals surface area contributed by atoms with Gasteiger partial charge >= 0.3 is 0 Å². The molecule has 1 unspecified atom stereocenters. The Morgan fingerprint density at radius 1 is 1.33 bits per heavy atom.